The van der Waals surface area contributed by atoms with Gasteiger partial charge in [-0.25, -0.2) is 0 Å². The van der Waals surface area contributed by atoms with Gasteiger partial charge in [0.15, 0.2) is 0 Å². The van der Waals surface area contributed by atoms with Gasteiger partial charge in [0.2, 0.25) is 11.7 Å². The Hall–Kier alpha value is -3.55. The molecular formula is C22H24N4O4. The van der Waals surface area contributed by atoms with E-state index in [-0.39, 0.29) is 17.4 Å². The van der Waals surface area contributed by atoms with Crippen LogP contribution < -0.4 is 0 Å². The van der Waals surface area contributed by atoms with E-state index >= 15 is 0 Å². The summed E-state index contributed by atoms with van der Waals surface area (Å²) in [6, 6.07) is 13.6. The molecule has 0 aliphatic heterocycles. The maximum Gasteiger partial charge on any atom is 0.270 e. The fourth-order valence-corrected chi connectivity index (χ4v) is 3.06. The van der Waals surface area contributed by atoms with Gasteiger partial charge in [-0.05, 0) is 25.0 Å². The second-order valence-electron chi connectivity index (χ2n) is 7.58. The average molecular weight is 408 g/mol. The molecule has 0 fully saturated rings. The van der Waals surface area contributed by atoms with Gasteiger partial charge in [0.05, 0.1) is 4.92 Å². The van der Waals surface area contributed by atoms with Crippen molar-refractivity contribution in [3.63, 3.8) is 0 Å². The molecule has 30 heavy (non-hydrogen) atoms. The lowest BCUT2D eigenvalue weighted by Gasteiger charge is -2.24. The number of hydrogen-bond donors (Lipinski definition) is 0. The Morgan fingerprint density at radius 3 is 2.60 bits per heavy atom. The number of rotatable bonds is 8. The van der Waals surface area contributed by atoms with Crippen LogP contribution in [0.15, 0.2) is 53.1 Å². The second kappa shape index (κ2) is 9.30. The minimum absolute atomic E-state index is 0.0364. The maximum absolute atomic E-state index is 12.9. The van der Waals surface area contributed by atoms with Crippen LogP contribution in [0, 0.1) is 23.0 Å². The van der Waals surface area contributed by atoms with Crippen LogP contribution in [-0.4, -0.2) is 39.0 Å². The number of nitrogens with zero attached hydrogens (tertiary/aromatic N) is 4. The summed E-state index contributed by atoms with van der Waals surface area (Å²) in [7, 11) is 0. The molecule has 2 aromatic carbocycles. The lowest BCUT2D eigenvalue weighted by Crippen LogP contribution is -2.36. The SMILES string of the molecule is Cc1ccc(C(=O)N(CCc2nc(-c3cccc([N+](=O)[O-])c3)no2)CC(C)C)cc1. The van der Waals surface area contributed by atoms with Crippen molar-refractivity contribution >= 4 is 11.6 Å². The van der Waals surface area contributed by atoms with Gasteiger partial charge in [-0.2, -0.15) is 4.98 Å². The number of hydrogen-bond acceptors (Lipinski definition) is 6. The maximum atomic E-state index is 12.9. The lowest BCUT2D eigenvalue weighted by atomic mass is 10.1. The molecule has 8 heteroatoms. The van der Waals surface area contributed by atoms with Gasteiger partial charge in [0.1, 0.15) is 0 Å². The van der Waals surface area contributed by atoms with Gasteiger partial charge in [0.25, 0.3) is 11.6 Å². The quantitative estimate of drug-likeness (QED) is 0.407. The molecule has 0 bridgehead atoms. The molecule has 1 amide bonds. The van der Waals surface area contributed by atoms with E-state index in [1.54, 1.807) is 17.0 Å². The molecule has 3 rings (SSSR count). The van der Waals surface area contributed by atoms with Crippen molar-refractivity contribution in [1.82, 2.24) is 15.0 Å². The number of aryl methyl sites for hydroxylation is 1. The van der Waals surface area contributed by atoms with Crippen LogP contribution >= 0.6 is 0 Å². The van der Waals surface area contributed by atoms with E-state index < -0.39 is 4.92 Å². The molecule has 0 aliphatic carbocycles. The minimum Gasteiger partial charge on any atom is -0.339 e. The summed E-state index contributed by atoms with van der Waals surface area (Å²) in [5.74, 6) is 0.931. The molecule has 0 radical (unpaired) electrons. The first kappa shape index (κ1) is 21.2. The van der Waals surface area contributed by atoms with E-state index in [9.17, 15) is 14.9 Å². The standard InChI is InChI=1S/C22H24N4O4/c1-15(2)14-25(22(27)17-9-7-16(3)8-10-17)12-11-20-23-21(24-30-20)18-5-4-6-19(13-18)26(28)29/h4-10,13,15H,11-12,14H2,1-3H3. The van der Waals surface area contributed by atoms with Crippen LogP contribution in [0.25, 0.3) is 11.4 Å². The number of nitro benzene ring substituents is 1. The number of carbonyl (C=O) groups excluding carboxylic acids is 1. The highest BCUT2D eigenvalue weighted by molar-refractivity contribution is 5.94. The Morgan fingerprint density at radius 1 is 1.20 bits per heavy atom. The largest absolute Gasteiger partial charge is 0.339 e. The van der Waals surface area contributed by atoms with E-state index in [4.69, 9.17) is 4.52 Å². The zero-order valence-electron chi connectivity index (χ0n) is 17.2. The summed E-state index contributed by atoms with van der Waals surface area (Å²) in [4.78, 5) is 29.5. The fraction of sp³-hybridized carbons (Fsp3) is 0.318. The van der Waals surface area contributed by atoms with Crippen molar-refractivity contribution < 1.29 is 14.2 Å². The molecule has 0 saturated heterocycles. The number of amides is 1. The van der Waals surface area contributed by atoms with E-state index in [0.29, 0.717) is 42.4 Å². The molecule has 1 aromatic heterocycles. The van der Waals surface area contributed by atoms with Crippen LogP contribution in [0.1, 0.15) is 35.7 Å². The molecule has 0 spiro atoms. The van der Waals surface area contributed by atoms with Crippen LogP contribution in [0.3, 0.4) is 0 Å². The van der Waals surface area contributed by atoms with Gasteiger partial charge in [-0.3, -0.25) is 14.9 Å². The summed E-state index contributed by atoms with van der Waals surface area (Å²) in [5.41, 5.74) is 2.21. The van der Waals surface area contributed by atoms with Gasteiger partial charge < -0.3 is 9.42 Å². The first-order chi connectivity index (χ1) is 14.3. The van der Waals surface area contributed by atoms with Gasteiger partial charge in [-0.1, -0.05) is 48.8 Å². The van der Waals surface area contributed by atoms with Crippen molar-refractivity contribution in [3.05, 3.63) is 75.7 Å². The van der Waals surface area contributed by atoms with Crippen molar-refractivity contribution in [1.29, 1.82) is 0 Å². The van der Waals surface area contributed by atoms with Crippen molar-refractivity contribution in [2.75, 3.05) is 13.1 Å². The van der Waals surface area contributed by atoms with E-state index in [2.05, 4.69) is 24.0 Å². The molecule has 0 N–H and O–H groups in total. The zero-order chi connectivity index (χ0) is 21.7. The summed E-state index contributed by atoms with van der Waals surface area (Å²) < 4.78 is 5.31. The smallest absolute Gasteiger partial charge is 0.270 e. The third-order valence-electron chi connectivity index (χ3n) is 4.55. The van der Waals surface area contributed by atoms with Crippen molar-refractivity contribution in [2.45, 2.75) is 27.2 Å². The topological polar surface area (TPSA) is 102 Å². The van der Waals surface area contributed by atoms with Gasteiger partial charge in [-0.15, -0.1) is 0 Å². The Balaban J connectivity index is 1.71. The number of aromatic nitrogens is 2. The number of benzene rings is 2. The molecule has 8 nitrogen and oxygen atoms in total. The highest BCUT2D eigenvalue weighted by Crippen LogP contribution is 2.21. The summed E-state index contributed by atoms with van der Waals surface area (Å²) in [5, 5.41) is 14.9. The Bertz CT molecular complexity index is 1030. The average Bonchev–Trinajstić information content (AvgIpc) is 3.20. The second-order valence-corrected chi connectivity index (χ2v) is 7.58. The lowest BCUT2D eigenvalue weighted by molar-refractivity contribution is -0.384. The molecule has 0 atom stereocenters. The van der Waals surface area contributed by atoms with E-state index in [0.717, 1.165) is 5.56 Å². The number of nitro groups is 1. The molecular weight excluding hydrogens is 384 g/mol. The fourth-order valence-electron chi connectivity index (χ4n) is 3.06. The number of non-ortho nitro benzene ring substituents is 1. The molecule has 3 aromatic rings. The molecule has 0 saturated carbocycles. The Morgan fingerprint density at radius 2 is 1.93 bits per heavy atom. The summed E-state index contributed by atoms with van der Waals surface area (Å²) in [6.45, 7) is 7.14. The first-order valence-corrected chi connectivity index (χ1v) is 9.77. The monoisotopic (exact) mass is 408 g/mol. The normalized spacial score (nSPS) is 10.9. The van der Waals surface area contributed by atoms with Crippen LogP contribution in [0.2, 0.25) is 0 Å². The van der Waals surface area contributed by atoms with Gasteiger partial charge >= 0.3 is 0 Å². The number of carbonyl (C=O) groups is 1. The highest BCUT2D eigenvalue weighted by atomic mass is 16.6. The predicted molar refractivity (Wildman–Crippen MR) is 112 cm³/mol. The van der Waals surface area contributed by atoms with Crippen LogP contribution in [-0.2, 0) is 6.42 Å². The van der Waals surface area contributed by atoms with Crippen LogP contribution in [0.5, 0.6) is 0 Å². The third-order valence-corrected chi connectivity index (χ3v) is 4.55. The molecule has 156 valence electrons. The first-order valence-electron chi connectivity index (χ1n) is 9.77. The van der Waals surface area contributed by atoms with E-state index in [1.165, 1.54) is 12.1 Å². The molecule has 0 aliphatic rings. The summed E-state index contributed by atoms with van der Waals surface area (Å²) >= 11 is 0. The molecule has 0 unspecified atom stereocenters. The van der Waals surface area contributed by atoms with Crippen molar-refractivity contribution in [2.24, 2.45) is 5.92 Å². The predicted octanol–water partition coefficient (Wildman–Crippen LogP) is 4.29. The highest BCUT2D eigenvalue weighted by Gasteiger charge is 2.19. The third kappa shape index (κ3) is 5.28. The van der Waals surface area contributed by atoms with Gasteiger partial charge in [0, 0.05) is 42.8 Å². The Kier molecular flexibility index (Phi) is 6.56. The zero-order valence-corrected chi connectivity index (χ0v) is 17.2. The summed E-state index contributed by atoms with van der Waals surface area (Å²) in [6.07, 6.45) is 0.395. The van der Waals surface area contributed by atoms with Crippen molar-refractivity contribution in [3.8, 4) is 11.4 Å². The Labute approximate surface area is 174 Å². The van der Waals surface area contributed by atoms with E-state index in [1.807, 2.05) is 31.2 Å². The minimum atomic E-state index is -0.467. The van der Waals surface area contributed by atoms with Crippen LogP contribution in [0.4, 0.5) is 5.69 Å². The molecule has 1 heterocycles.